The molecule has 1 N–H and O–H groups in total. The number of carbonyl (C=O) groups excluding carboxylic acids is 1. The molecule has 0 saturated heterocycles. The van der Waals surface area contributed by atoms with Gasteiger partial charge in [0.1, 0.15) is 17.7 Å². The summed E-state index contributed by atoms with van der Waals surface area (Å²) in [5, 5.41) is 3.71. The molecule has 0 saturated carbocycles. The third-order valence-corrected chi connectivity index (χ3v) is 4.77. The first kappa shape index (κ1) is 19.2. The fourth-order valence-electron chi connectivity index (χ4n) is 3.06. The Kier molecular flexibility index (Phi) is 6.01. The third kappa shape index (κ3) is 4.61. The average Bonchev–Trinajstić information content (AvgIpc) is 2.65. The van der Waals surface area contributed by atoms with Crippen LogP contribution in [0.1, 0.15) is 30.9 Å². The van der Waals surface area contributed by atoms with Crippen molar-refractivity contribution in [3.8, 4) is 5.75 Å². The van der Waals surface area contributed by atoms with Crippen molar-refractivity contribution in [1.29, 1.82) is 0 Å². The Labute approximate surface area is 162 Å². The minimum Gasteiger partial charge on any atom is -0.486 e. The third-order valence-electron chi connectivity index (χ3n) is 4.46. The fraction of sp³-hybridized carbons (Fsp3) is 0.286. The molecule has 0 amide bonds. The number of anilines is 1. The van der Waals surface area contributed by atoms with E-state index in [1.807, 2.05) is 31.2 Å². The van der Waals surface area contributed by atoms with Gasteiger partial charge in [-0.3, -0.25) is 4.79 Å². The minimum absolute atomic E-state index is 0.0862. The van der Waals surface area contributed by atoms with Crippen molar-refractivity contribution in [2.45, 2.75) is 25.9 Å². The maximum atomic E-state index is 14.1. The number of methoxy groups -OCH3 is 1. The Balaban J connectivity index is 1.75. The molecular formula is C21H21ClFNO3. The Morgan fingerprint density at radius 2 is 2.22 bits per heavy atom. The molecule has 0 bridgehead atoms. The first-order chi connectivity index (χ1) is 13.0. The van der Waals surface area contributed by atoms with Gasteiger partial charge in [0.15, 0.2) is 0 Å². The van der Waals surface area contributed by atoms with Crippen molar-refractivity contribution in [2.75, 3.05) is 19.0 Å². The van der Waals surface area contributed by atoms with Crippen LogP contribution in [-0.4, -0.2) is 25.7 Å². The van der Waals surface area contributed by atoms with E-state index in [2.05, 4.69) is 10.1 Å². The number of benzene rings is 2. The highest BCUT2D eigenvalue weighted by molar-refractivity contribution is 6.32. The van der Waals surface area contributed by atoms with Gasteiger partial charge in [-0.25, -0.2) is 4.39 Å². The second-order valence-electron chi connectivity index (χ2n) is 6.42. The molecule has 2 aromatic rings. The number of fused-ring (bicyclic) bond motifs is 1. The largest absolute Gasteiger partial charge is 0.486 e. The maximum absolute atomic E-state index is 14.1. The quantitative estimate of drug-likeness (QED) is 0.566. The Bertz CT molecular complexity index is 861. The summed E-state index contributed by atoms with van der Waals surface area (Å²) in [6, 6.07) is 10.4. The van der Waals surface area contributed by atoms with Crippen LogP contribution in [0.15, 0.2) is 36.4 Å². The highest BCUT2D eigenvalue weighted by atomic mass is 35.5. The lowest BCUT2D eigenvalue weighted by molar-refractivity contribution is -0.141. The molecule has 142 valence electrons. The number of nitrogens with one attached hydrogen (secondary N) is 1. The minimum atomic E-state index is -0.343. The zero-order valence-electron chi connectivity index (χ0n) is 15.2. The summed E-state index contributed by atoms with van der Waals surface area (Å²) in [5.41, 5.74) is 2.93. The predicted octanol–water partition coefficient (Wildman–Crippen LogP) is 5.17. The molecule has 0 radical (unpaired) electrons. The van der Waals surface area contributed by atoms with E-state index in [0.29, 0.717) is 30.0 Å². The number of carbonyl (C=O) groups is 1. The Morgan fingerprint density at radius 1 is 1.41 bits per heavy atom. The summed E-state index contributed by atoms with van der Waals surface area (Å²) in [6.45, 7) is 2.44. The lowest BCUT2D eigenvalue weighted by Gasteiger charge is -2.27. The van der Waals surface area contributed by atoms with Gasteiger partial charge in [-0.2, -0.15) is 0 Å². The smallest absolute Gasteiger partial charge is 0.305 e. The highest BCUT2D eigenvalue weighted by Gasteiger charge is 2.20. The summed E-state index contributed by atoms with van der Waals surface area (Å²) in [6.07, 6.45) is 2.71. The molecule has 1 unspecified atom stereocenters. The van der Waals surface area contributed by atoms with E-state index in [4.69, 9.17) is 16.3 Å². The monoisotopic (exact) mass is 389 g/mol. The van der Waals surface area contributed by atoms with Crippen LogP contribution in [-0.2, 0) is 9.53 Å². The standard InChI is InChI=1S/C21H21ClFNO3/c1-13(21-16(22)4-3-5-17(21)23)10-14-6-8-19-18(11-14)24-12-15(27-19)7-9-20(25)26-2/h3-6,8,10-11,15,24H,7,9,12H2,1-2H3/b13-10+. The number of rotatable bonds is 5. The lowest BCUT2D eigenvalue weighted by Crippen LogP contribution is -2.31. The maximum Gasteiger partial charge on any atom is 0.305 e. The summed E-state index contributed by atoms with van der Waals surface area (Å²) in [4.78, 5) is 11.3. The van der Waals surface area contributed by atoms with E-state index in [-0.39, 0.29) is 17.9 Å². The van der Waals surface area contributed by atoms with Gasteiger partial charge >= 0.3 is 5.97 Å². The van der Waals surface area contributed by atoms with Gasteiger partial charge in [-0.15, -0.1) is 0 Å². The molecular weight excluding hydrogens is 369 g/mol. The molecule has 0 aliphatic carbocycles. The van der Waals surface area contributed by atoms with Crippen molar-refractivity contribution < 1.29 is 18.7 Å². The van der Waals surface area contributed by atoms with E-state index in [1.54, 1.807) is 12.1 Å². The summed E-state index contributed by atoms with van der Waals surface area (Å²) < 4.78 is 24.7. The molecule has 27 heavy (non-hydrogen) atoms. The van der Waals surface area contributed by atoms with Gasteiger partial charge in [-0.05, 0) is 48.7 Å². The molecule has 1 atom stereocenters. The number of hydrogen-bond acceptors (Lipinski definition) is 4. The first-order valence-electron chi connectivity index (χ1n) is 8.72. The van der Waals surface area contributed by atoms with E-state index in [1.165, 1.54) is 13.2 Å². The number of esters is 1. The van der Waals surface area contributed by atoms with Crippen LogP contribution in [0.4, 0.5) is 10.1 Å². The topological polar surface area (TPSA) is 47.6 Å². The fourth-order valence-corrected chi connectivity index (χ4v) is 3.37. The van der Waals surface area contributed by atoms with E-state index in [0.717, 1.165) is 22.6 Å². The van der Waals surface area contributed by atoms with Crippen LogP contribution in [0, 0.1) is 5.82 Å². The Hall–Kier alpha value is -2.53. The van der Waals surface area contributed by atoms with Gasteiger partial charge in [0.25, 0.3) is 0 Å². The SMILES string of the molecule is COC(=O)CCC1CNc2cc(/C=C(\C)c3c(F)cccc3Cl)ccc2O1. The van der Waals surface area contributed by atoms with E-state index in [9.17, 15) is 9.18 Å². The number of halogens is 2. The highest BCUT2D eigenvalue weighted by Crippen LogP contribution is 2.33. The van der Waals surface area contributed by atoms with Crippen LogP contribution in [0.25, 0.3) is 11.6 Å². The van der Waals surface area contributed by atoms with E-state index < -0.39 is 0 Å². The summed E-state index contributed by atoms with van der Waals surface area (Å²) in [5.74, 6) is 0.145. The molecule has 4 nitrogen and oxygen atoms in total. The molecule has 3 rings (SSSR count). The van der Waals surface area contributed by atoms with Crippen molar-refractivity contribution in [3.05, 3.63) is 58.4 Å². The average molecular weight is 390 g/mol. The molecule has 1 heterocycles. The molecule has 0 spiro atoms. The summed E-state index contributed by atoms with van der Waals surface area (Å²) >= 11 is 6.14. The normalized spacial score (nSPS) is 16.1. The number of ether oxygens (including phenoxy) is 2. The number of hydrogen-bond donors (Lipinski definition) is 1. The summed E-state index contributed by atoms with van der Waals surface area (Å²) in [7, 11) is 1.38. The first-order valence-corrected chi connectivity index (χ1v) is 9.10. The molecule has 1 aliphatic heterocycles. The lowest BCUT2D eigenvalue weighted by atomic mass is 10.0. The molecule has 0 aromatic heterocycles. The van der Waals surface area contributed by atoms with Crippen LogP contribution in [0.3, 0.4) is 0 Å². The van der Waals surface area contributed by atoms with Crippen molar-refractivity contribution in [1.82, 2.24) is 0 Å². The molecule has 6 heteroatoms. The van der Waals surface area contributed by atoms with Gasteiger partial charge in [0.05, 0.1) is 24.4 Å². The zero-order valence-corrected chi connectivity index (χ0v) is 16.0. The number of allylic oxidation sites excluding steroid dienone is 1. The van der Waals surface area contributed by atoms with E-state index >= 15 is 0 Å². The van der Waals surface area contributed by atoms with Crippen molar-refractivity contribution in [3.63, 3.8) is 0 Å². The Morgan fingerprint density at radius 3 is 2.96 bits per heavy atom. The van der Waals surface area contributed by atoms with Crippen molar-refractivity contribution >= 4 is 34.9 Å². The second-order valence-corrected chi connectivity index (χ2v) is 6.82. The van der Waals surface area contributed by atoms with Crippen LogP contribution >= 0.6 is 11.6 Å². The van der Waals surface area contributed by atoms with Gasteiger partial charge in [0, 0.05) is 12.0 Å². The second kappa shape index (κ2) is 8.44. The van der Waals surface area contributed by atoms with Gasteiger partial charge in [0.2, 0.25) is 0 Å². The van der Waals surface area contributed by atoms with Crippen molar-refractivity contribution in [2.24, 2.45) is 0 Å². The van der Waals surface area contributed by atoms with Gasteiger partial charge in [-0.1, -0.05) is 29.8 Å². The zero-order chi connectivity index (χ0) is 19.4. The van der Waals surface area contributed by atoms with Crippen LogP contribution in [0.2, 0.25) is 5.02 Å². The predicted molar refractivity (Wildman–Crippen MR) is 106 cm³/mol. The molecule has 2 aromatic carbocycles. The van der Waals surface area contributed by atoms with Crippen LogP contribution in [0.5, 0.6) is 5.75 Å². The molecule has 1 aliphatic rings. The molecule has 0 fully saturated rings. The van der Waals surface area contributed by atoms with Crippen LogP contribution < -0.4 is 10.1 Å². The van der Waals surface area contributed by atoms with Gasteiger partial charge < -0.3 is 14.8 Å².